The van der Waals surface area contributed by atoms with E-state index in [-0.39, 0.29) is 30.8 Å². The molecule has 4 nitrogen and oxygen atoms in total. The van der Waals surface area contributed by atoms with Crippen LogP contribution in [0.4, 0.5) is 5.69 Å². The molecule has 1 unspecified atom stereocenters. The van der Waals surface area contributed by atoms with Crippen molar-refractivity contribution in [1.82, 2.24) is 0 Å². The van der Waals surface area contributed by atoms with Crippen molar-refractivity contribution in [3.8, 4) is 11.1 Å². The van der Waals surface area contributed by atoms with E-state index in [1.165, 1.54) is 22.3 Å². The van der Waals surface area contributed by atoms with Gasteiger partial charge >= 0.3 is 0 Å². The van der Waals surface area contributed by atoms with Gasteiger partial charge in [-0.15, -0.1) is 12.4 Å². The van der Waals surface area contributed by atoms with Gasteiger partial charge in [-0.2, -0.15) is 0 Å². The number of nitrogens with two attached hydrogens (primary N) is 1. The maximum absolute atomic E-state index is 12.0. The zero-order valence-electron chi connectivity index (χ0n) is 13.0. The van der Waals surface area contributed by atoms with E-state index in [4.69, 9.17) is 10.5 Å². The van der Waals surface area contributed by atoms with Crippen molar-refractivity contribution < 1.29 is 9.53 Å². The summed E-state index contributed by atoms with van der Waals surface area (Å²) in [4.78, 5) is 12.0. The molecule has 3 rings (SSSR count). The Hall–Kier alpha value is -1.88. The summed E-state index contributed by atoms with van der Waals surface area (Å²) in [6.07, 6.45) is 0.946. The van der Waals surface area contributed by atoms with Crippen molar-refractivity contribution in [2.24, 2.45) is 5.73 Å². The van der Waals surface area contributed by atoms with Crippen molar-refractivity contribution in [2.75, 3.05) is 19.0 Å². The first-order valence-corrected chi connectivity index (χ1v) is 7.45. The van der Waals surface area contributed by atoms with Crippen LogP contribution in [0.3, 0.4) is 0 Å². The second-order valence-corrected chi connectivity index (χ2v) is 5.55. The van der Waals surface area contributed by atoms with E-state index < -0.39 is 0 Å². The molecular weight excluding hydrogens is 312 g/mol. The molecule has 0 saturated carbocycles. The Morgan fingerprint density at radius 3 is 2.70 bits per heavy atom. The number of anilines is 1. The molecule has 0 heterocycles. The van der Waals surface area contributed by atoms with Crippen LogP contribution in [0.15, 0.2) is 42.5 Å². The molecule has 1 amide bonds. The summed E-state index contributed by atoms with van der Waals surface area (Å²) in [7, 11) is 1.57. The van der Waals surface area contributed by atoms with E-state index in [1.54, 1.807) is 7.11 Å². The number of hydrogen-bond acceptors (Lipinski definition) is 3. The minimum absolute atomic E-state index is 0. The Morgan fingerprint density at radius 1 is 1.22 bits per heavy atom. The van der Waals surface area contributed by atoms with Crippen LogP contribution in [0.25, 0.3) is 11.1 Å². The molecule has 0 spiro atoms. The molecule has 23 heavy (non-hydrogen) atoms. The summed E-state index contributed by atoms with van der Waals surface area (Å²) in [5.41, 5.74) is 11.5. The van der Waals surface area contributed by atoms with Gasteiger partial charge < -0.3 is 15.8 Å². The van der Waals surface area contributed by atoms with E-state index in [0.29, 0.717) is 6.54 Å². The number of fused-ring (bicyclic) bond motifs is 3. The van der Waals surface area contributed by atoms with Gasteiger partial charge in [0.25, 0.3) is 0 Å². The zero-order valence-corrected chi connectivity index (χ0v) is 13.9. The van der Waals surface area contributed by atoms with Crippen LogP contribution < -0.4 is 11.1 Å². The molecule has 2 aromatic carbocycles. The SMILES string of the molecule is COC(CN)CC(=O)Nc1ccc2c(c1)Cc1ccccc1-2.Cl. The summed E-state index contributed by atoms with van der Waals surface area (Å²) in [6.45, 7) is 0.337. The highest BCUT2D eigenvalue weighted by Crippen LogP contribution is 2.37. The minimum atomic E-state index is -0.237. The van der Waals surface area contributed by atoms with E-state index in [9.17, 15) is 4.79 Å². The monoisotopic (exact) mass is 332 g/mol. The summed E-state index contributed by atoms with van der Waals surface area (Å²) in [6, 6.07) is 14.5. The van der Waals surface area contributed by atoms with Crippen LogP contribution >= 0.6 is 12.4 Å². The van der Waals surface area contributed by atoms with Gasteiger partial charge in [0, 0.05) is 19.3 Å². The average molecular weight is 333 g/mol. The fourth-order valence-corrected chi connectivity index (χ4v) is 2.90. The largest absolute Gasteiger partial charge is 0.380 e. The summed E-state index contributed by atoms with van der Waals surface area (Å²) in [5, 5.41) is 2.92. The molecule has 0 aromatic heterocycles. The number of nitrogens with one attached hydrogen (secondary N) is 1. The van der Waals surface area contributed by atoms with Crippen molar-refractivity contribution >= 4 is 24.0 Å². The Morgan fingerprint density at radius 2 is 1.96 bits per heavy atom. The molecule has 1 atom stereocenters. The van der Waals surface area contributed by atoms with Gasteiger partial charge in [-0.1, -0.05) is 30.3 Å². The smallest absolute Gasteiger partial charge is 0.227 e. The summed E-state index contributed by atoms with van der Waals surface area (Å²) in [5.74, 6) is -0.0761. The first-order valence-electron chi connectivity index (χ1n) is 7.45. The van der Waals surface area contributed by atoms with Crippen molar-refractivity contribution in [2.45, 2.75) is 18.9 Å². The van der Waals surface area contributed by atoms with Crippen LogP contribution in [0, 0.1) is 0 Å². The Balaban J connectivity index is 0.00000192. The molecule has 3 N–H and O–H groups in total. The van der Waals surface area contributed by atoms with Gasteiger partial charge in [-0.3, -0.25) is 4.79 Å². The number of methoxy groups -OCH3 is 1. The van der Waals surface area contributed by atoms with Crippen LogP contribution in [0.5, 0.6) is 0 Å². The van der Waals surface area contributed by atoms with Crippen LogP contribution in [0.2, 0.25) is 0 Å². The topological polar surface area (TPSA) is 64.3 Å². The average Bonchev–Trinajstić information content (AvgIpc) is 2.90. The normalized spacial score (nSPS) is 12.8. The van der Waals surface area contributed by atoms with Gasteiger partial charge in [-0.05, 0) is 40.8 Å². The van der Waals surface area contributed by atoms with E-state index in [2.05, 4.69) is 41.7 Å². The highest BCUT2D eigenvalue weighted by atomic mass is 35.5. The number of hydrogen-bond donors (Lipinski definition) is 2. The van der Waals surface area contributed by atoms with Crippen molar-refractivity contribution in [3.63, 3.8) is 0 Å². The van der Waals surface area contributed by atoms with Gasteiger partial charge in [0.15, 0.2) is 0 Å². The number of carbonyl (C=O) groups excluding carboxylic acids is 1. The second kappa shape index (κ2) is 7.59. The molecule has 0 aliphatic heterocycles. The fraction of sp³-hybridized carbons (Fsp3) is 0.278. The lowest BCUT2D eigenvalue weighted by atomic mass is 10.1. The van der Waals surface area contributed by atoms with Crippen molar-refractivity contribution in [1.29, 1.82) is 0 Å². The molecule has 1 aliphatic rings. The lowest BCUT2D eigenvalue weighted by Gasteiger charge is -2.13. The molecule has 5 heteroatoms. The first-order chi connectivity index (χ1) is 10.7. The summed E-state index contributed by atoms with van der Waals surface area (Å²) >= 11 is 0. The fourth-order valence-electron chi connectivity index (χ4n) is 2.90. The third-order valence-corrected chi connectivity index (χ3v) is 4.09. The van der Waals surface area contributed by atoms with Crippen LogP contribution in [-0.2, 0) is 16.0 Å². The first kappa shape index (κ1) is 17.5. The number of amides is 1. The lowest BCUT2D eigenvalue weighted by Crippen LogP contribution is -2.28. The highest BCUT2D eigenvalue weighted by molar-refractivity contribution is 5.92. The maximum atomic E-state index is 12.0. The molecule has 0 radical (unpaired) electrons. The van der Waals surface area contributed by atoms with Crippen molar-refractivity contribution in [3.05, 3.63) is 53.6 Å². The standard InChI is InChI=1S/C18H20N2O2.ClH/c1-22-15(11-19)10-18(21)20-14-6-7-17-13(9-14)8-12-4-2-3-5-16(12)17;/h2-7,9,15H,8,10-11,19H2,1H3,(H,20,21);1H. The Bertz CT molecular complexity index is 699. The van der Waals surface area contributed by atoms with Gasteiger partial charge in [0.05, 0.1) is 12.5 Å². The summed E-state index contributed by atoms with van der Waals surface area (Å²) < 4.78 is 5.14. The van der Waals surface area contributed by atoms with Crippen LogP contribution in [-0.4, -0.2) is 25.7 Å². The zero-order chi connectivity index (χ0) is 15.5. The highest BCUT2D eigenvalue weighted by Gasteiger charge is 2.18. The second-order valence-electron chi connectivity index (χ2n) is 5.55. The molecule has 0 fully saturated rings. The Kier molecular flexibility index (Phi) is 5.77. The molecular formula is C18H21ClN2O2. The molecule has 1 aliphatic carbocycles. The predicted octanol–water partition coefficient (Wildman–Crippen LogP) is 2.98. The number of halogens is 1. The predicted molar refractivity (Wildman–Crippen MR) is 95.0 cm³/mol. The molecule has 0 bridgehead atoms. The van der Waals surface area contributed by atoms with E-state index >= 15 is 0 Å². The van der Waals surface area contributed by atoms with Gasteiger partial charge in [-0.25, -0.2) is 0 Å². The van der Waals surface area contributed by atoms with Crippen LogP contribution in [0.1, 0.15) is 17.5 Å². The quantitative estimate of drug-likeness (QED) is 0.755. The molecule has 2 aromatic rings. The molecule has 0 saturated heterocycles. The lowest BCUT2D eigenvalue weighted by molar-refractivity contribution is -0.118. The Labute approximate surface area is 142 Å². The third kappa shape index (κ3) is 3.72. The number of benzene rings is 2. The van der Waals surface area contributed by atoms with Gasteiger partial charge in [0.1, 0.15) is 0 Å². The number of carbonyl (C=O) groups is 1. The van der Waals surface area contributed by atoms with E-state index in [1.807, 2.05) is 6.07 Å². The van der Waals surface area contributed by atoms with E-state index in [0.717, 1.165) is 12.1 Å². The number of rotatable bonds is 5. The molecule has 122 valence electrons. The van der Waals surface area contributed by atoms with Gasteiger partial charge in [0.2, 0.25) is 5.91 Å². The number of ether oxygens (including phenoxy) is 1. The third-order valence-electron chi connectivity index (χ3n) is 4.09. The maximum Gasteiger partial charge on any atom is 0.227 e. The minimum Gasteiger partial charge on any atom is -0.380 e.